The van der Waals surface area contributed by atoms with E-state index in [1.807, 2.05) is 0 Å². The molecule has 0 nitrogen and oxygen atoms in total. The maximum Gasteiger partial charge on any atom is 0.196 e. The minimum absolute atomic E-state index is 1.06. The Bertz CT molecular complexity index is 168. The van der Waals surface area contributed by atoms with Crippen LogP contribution in [0, 0.1) is 0 Å². The predicted octanol–water partition coefficient (Wildman–Crippen LogP) is 7.98. The maximum absolute atomic E-state index is 4.07. The summed E-state index contributed by atoms with van der Waals surface area (Å²) in [5.41, 5.74) is 0. The lowest BCUT2D eigenvalue weighted by Gasteiger charge is -2.17. The number of hydrogen-bond acceptors (Lipinski definition) is 0. The Morgan fingerprint density at radius 1 is 0.632 bits per heavy atom. The molecule has 0 spiro atoms. The van der Waals surface area contributed by atoms with Gasteiger partial charge in [-0.1, -0.05) is 90.9 Å². The van der Waals surface area contributed by atoms with Crippen molar-refractivity contribution >= 4 is 41.3 Å². The molecule has 0 saturated heterocycles. The van der Waals surface area contributed by atoms with Gasteiger partial charge in [0.25, 0.3) is 0 Å². The summed E-state index contributed by atoms with van der Waals surface area (Å²) >= 11 is 6.84. The second kappa shape index (κ2) is 14.4. The van der Waals surface area contributed by atoms with Crippen LogP contribution in [0.4, 0.5) is 0 Å². The van der Waals surface area contributed by atoms with Crippen molar-refractivity contribution in [2.24, 2.45) is 0 Å². The molecule has 0 N–H and O–H groups in total. The van der Waals surface area contributed by atoms with Crippen LogP contribution in [-0.4, -0.2) is 4.19 Å². The lowest BCUT2D eigenvalue weighted by atomic mass is 10.1. The van der Waals surface area contributed by atoms with Gasteiger partial charge in [0.05, 0.1) is 0 Å². The highest BCUT2D eigenvalue weighted by Gasteiger charge is 2.24. The van der Waals surface area contributed by atoms with E-state index in [2.05, 4.69) is 50.9 Å². The van der Waals surface area contributed by atoms with Gasteiger partial charge in [-0.15, -0.1) is 37.1 Å². The number of rotatable bonds is 14. The van der Waals surface area contributed by atoms with Gasteiger partial charge in [0.1, 0.15) is 0 Å². The van der Waals surface area contributed by atoms with Crippen LogP contribution in [0.2, 0.25) is 12.1 Å². The average Bonchev–Trinajstić information content (AvgIpc) is 2.38. The van der Waals surface area contributed by atoms with E-state index >= 15 is 0 Å². The molecule has 0 fully saturated rings. The lowest BCUT2D eigenvalue weighted by molar-refractivity contribution is 0.618. The van der Waals surface area contributed by atoms with Crippen LogP contribution in [0.25, 0.3) is 0 Å². The Labute approximate surface area is 143 Å². The SMILES string of the molecule is CCCCCCCC[Si](Br)(I)CCCCCCCC. The van der Waals surface area contributed by atoms with E-state index in [9.17, 15) is 0 Å². The van der Waals surface area contributed by atoms with Crippen LogP contribution in [0.15, 0.2) is 0 Å². The molecule has 0 unspecified atom stereocenters. The van der Waals surface area contributed by atoms with Crippen molar-refractivity contribution in [3.05, 3.63) is 0 Å². The quantitative estimate of drug-likeness (QED) is 0.107. The first-order chi connectivity index (χ1) is 9.12. The Balaban J connectivity index is 3.36. The molecule has 0 radical (unpaired) electrons. The third-order valence-corrected chi connectivity index (χ3v) is 11.6. The fourth-order valence-corrected chi connectivity index (χ4v) is 8.21. The van der Waals surface area contributed by atoms with Gasteiger partial charge in [-0.25, -0.2) is 0 Å². The normalized spacial score (nSPS) is 12.0. The molecule has 3 heteroatoms. The lowest BCUT2D eigenvalue weighted by Crippen LogP contribution is -2.16. The van der Waals surface area contributed by atoms with E-state index in [0.29, 0.717) is 0 Å². The van der Waals surface area contributed by atoms with E-state index < -0.39 is 4.19 Å². The first-order valence-electron chi connectivity index (χ1n) is 8.50. The summed E-state index contributed by atoms with van der Waals surface area (Å²) in [4.78, 5) is 0. The van der Waals surface area contributed by atoms with Gasteiger partial charge in [0, 0.05) is 0 Å². The van der Waals surface area contributed by atoms with Gasteiger partial charge in [-0.3, -0.25) is 0 Å². The summed E-state index contributed by atoms with van der Waals surface area (Å²) < 4.78 is -1.06. The molecule has 0 aliphatic heterocycles. The molecule has 0 bridgehead atoms. The molecule has 0 aliphatic rings. The van der Waals surface area contributed by atoms with Crippen molar-refractivity contribution in [2.45, 2.75) is 103 Å². The van der Waals surface area contributed by atoms with E-state index in [0.717, 1.165) is 0 Å². The third kappa shape index (κ3) is 15.6. The molecule has 116 valence electrons. The van der Waals surface area contributed by atoms with Crippen molar-refractivity contribution in [2.75, 3.05) is 0 Å². The number of unbranched alkanes of at least 4 members (excludes halogenated alkanes) is 10. The first-order valence-corrected chi connectivity index (χ1v) is 16.3. The van der Waals surface area contributed by atoms with Crippen LogP contribution in [0.1, 0.15) is 90.9 Å². The van der Waals surface area contributed by atoms with Crippen molar-refractivity contribution < 1.29 is 0 Å². The average molecular weight is 461 g/mol. The van der Waals surface area contributed by atoms with Crippen molar-refractivity contribution in [3.63, 3.8) is 0 Å². The zero-order valence-electron chi connectivity index (χ0n) is 13.2. The van der Waals surface area contributed by atoms with Gasteiger partial charge in [0.15, 0.2) is 4.19 Å². The summed E-state index contributed by atoms with van der Waals surface area (Å²) in [6.45, 7) is 4.59. The zero-order chi connectivity index (χ0) is 14.4. The Morgan fingerprint density at radius 3 is 1.32 bits per heavy atom. The Hall–Kier alpha value is 1.43. The maximum atomic E-state index is 4.07. The molecule has 0 aliphatic carbocycles. The fourth-order valence-electron chi connectivity index (χ4n) is 2.45. The Morgan fingerprint density at radius 2 is 0.947 bits per heavy atom. The molecule has 0 saturated carbocycles. The van der Waals surface area contributed by atoms with Crippen molar-refractivity contribution in [1.29, 1.82) is 0 Å². The zero-order valence-corrected chi connectivity index (χ0v) is 17.9. The first kappa shape index (κ1) is 20.4. The summed E-state index contributed by atoms with van der Waals surface area (Å²) in [5, 5.41) is 0. The molecule has 0 aromatic rings. The van der Waals surface area contributed by atoms with Crippen LogP contribution in [0.3, 0.4) is 0 Å². The second-order valence-electron chi connectivity index (χ2n) is 5.89. The van der Waals surface area contributed by atoms with Crippen molar-refractivity contribution in [3.8, 4) is 0 Å². The monoisotopic (exact) mass is 460 g/mol. The van der Waals surface area contributed by atoms with Crippen molar-refractivity contribution in [1.82, 2.24) is 0 Å². The van der Waals surface area contributed by atoms with Crippen LogP contribution in [0.5, 0.6) is 0 Å². The van der Waals surface area contributed by atoms with Crippen LogP contribution >= 0.6 is 37.1 Å². The molecule has 19 heavy (non-hydrogen) atoms. The molecule has 0 rings (SSSR count). The number of halogens is 2. The minimum atomic E-state index is -1.06. The fraction of sp³-hybridized carbons (Fsp3) is 1.00. The van der Waals surface area contributed by atoms with Crippen LogP contribution < -0.4 is 0 Å². The molecule has 0 atom stereocenters. The molecular formula is C16H34BrISi. The Kier molecular flexibility index (Phi) is 15.4. The van der Waals surface area contributed by atoms with Gasteiger partial charge in [-0.05, 0) is 12.1 Å². The summed E-state index contributed by atoms with van der Waals surface area (Å²) in [6.07, 6.45) is 17.2. The van der Waals surface area contributed by atoms with E-state index in [1.165, 1.54) is 89.1 Å². The molecule has 0 aromatic carbocycles. The summed E-state index contributed by atoms with van der Waals surface area (Å²) in [7, 11) is 0. The van der Waals surface area contributed by atoms with Gasteiger partial charge >= 0.3 is 0 Å². The standard InChI is InChI=1S/C16H34BrISi/c1-3-5-7-9-11-13-15-19(17,18)16-14-12-10-8-6-4-2/h3-16H2,1-2H3. The second-order valence-corrected chi connectivity index (χ2v) is 23.8. The highest BCUT2D eigenvalue weighted by atomic mass is 127. The summed E-state index contributed by atoms with van der Waals surface area (Å²) in [5.74, 6) is 0. The molecule has 0 amide bonds. The minimum Gasteiger partial charge on any atom is -0.112 e. The third-order valence-electron chi connectivity index (χ3n) is 3.79. The highest BCUT2D eigenvalue weighted by molar-refractivity contribution is 14.1. The van der Waals surface area contributed by atoms with Crippen LogP contribution in [-0.2, 0) is 0 Å². The molecular weight excluding hydrogens is 427 g/mol. The molecule has 0 aromatic heterocycles. The molecule has 0 heterocycles. The summed E-state index contributed by atoms with van der Waals surface area (Å²) in [6, 6.07) is 2.96. The van der Waals surface area contributed by atoms with Gasteiger partial charge < -0.3 is 0 Å². The van der Waals surface area contributed by atoms with E-state index in [-0.39, 0.29) is 0 Å². The van der Waals surface area contributed by atoms with Gasteiger partial charge in [-0.2, -0.15) is 0 Å². The smallest absolute Gasteiger partial charge is 0.112 e. The van der Waals surface area contributed by atoms with E-state index in [1.54, 1.807) is 0 Å². The largest absolute Gasteiger partial charge is 0.196 e. The van der Waals surface area contributed by atoms with E-state index in [4.69, 9.17) is 0 Å². The topological polar surface area (TPSA) is 0 Å². The number of hydrogen-bond donors (Lipinski definition) is 0. The van der Waals surface area contributed by atoms with Gasteiger partial charge in [0.2, 0.25) is 0 Å². The highest BCUT2D eigenvalue weighted by Crippen LogP contribution is 2.34. The predicted molar refractivity (Wildman–Crippen MR) is 105 cm³/mol.